The topological polar surface area (TPSA) is 47.6 Å². The van der Waals surface area contributed by atoms with Gasteiger partial charge in [-0.2, -0.15) is 0 Å². The first-order chi connectivity index (χ1) is 11.5. The predicted molar refractivity (Wildman–Crippen MR) is 95.7 cm³/mol. The van der Waals surface area contributed by atoms with E-state index in [1.807, 2.05) is 36.4 Å². The van der Waals surface area contributed by atoms with Crippen molar-refractivity contribution < 1.29 is 14.3 Å². The molecular weight excluding hydrogens is 302 g/mol. The van der Waals surface area contributed by atoms with Gasteiger partial charge >= 0.3 is 0 Å². The van der Waals surface area contributed by atoms with Gasteiger partial charge in [-0.15, -0.1) is 0 Å². The Morgan fingerprint density at radius 1 is 1.00 bits per heavy atom. The van der Waals surface area contributed by atoms with Gasteiger partial charge < -0.3 is 14.8 Å². The SMILES string of the molecule is COc1ccc(C(CC(C)C)NC(=O)c2ccccc2OC)cc1. The van der Waals surface area contributed by atoms with Crippen molar-refractivity contribution in [1.29, 1.82) is 0 Å². The molecule has 128 valence electrons. The quantitative estimate of drug-likeness (QED) is 0.828. The third-order valence-electron chi connectivity index (χ3n) is 3.88. The minimum Gasteiger partial charge on any atom is -0.497 e. The van der Waals surface area contributed by atoms with Crippen molar-refractivity contribution in [1.82, 2.24) is 5.32 Å². The van der Waals surface area contributed by atoms with Gasteiger partial charge in [0.15, 0.2) is 0 Å². The number of carbonyl (C=O) groups is 1. The summed E-state index contributed by atoms with van der Waals surface area (Å²) in [7, 11) is 3.21. The van der Waals surface area contributed by atoms with Gasteiger partial charge in [-0.3, -0.25) is 4.79 Å². The molecule has 2 aromatic carbocycles. The number of rotatable bonds is 7. The van der Waals surface area contributed by atoms with Crippen molar-refractivity contribution in [2.75, 3.05) is 14.2 Å². The van der Waals surface area contributed by atoms with Crippen LogP contribution in [0.25, 0.3) is 0 Å². The normalized spacial score (nSPS) is 11.9. The molecule has 1 unspecified atom stereocenters. The van der Waals surface area contributed by atoms with E-state index in [0.717, 1.165) is 17.7 Å². The average Bonchev–Trinajstić information content (AvgIpc) is 2.60. The van der Waals surface area contributed by atoms with Crippen molar-refractivity contribution in [2.24, 2.45) is 5.92 Å². The summed E-state index contributed by atoms with van der Waals surface area (Å²) < 4.78 is 10.5. The van der Waals surface area contributed by atoms with Gasteiger partial charge in [-0.05, 0) is 42.2 Å². The summed E-state index contributed by atoms with van der Waals surface area (Å²) in [4.78, 5) is 12.7. The zero-order valence-corrected chi connectivity index (χ0v) is 14.7. The van der Waals surface area contributed by atoms with Gasteiger partial charge in [0, 0.05) is 0 Å². The van der Waals surface area contributed by atoms with Gasteiger partial charge in [0.25, 0.3) is 5.91 Å². The second-order valence-electron chi connectivity index (χ2n) is 6.13. The van der Waals surface area contributed by atoms with Gasteiger partial charge in [0.05, 0.1) is 25.8 Å². The van der Waals surface area contributed by atoms with E-state index in [9.17, 15) is 4.79 Å². The molecule has 0 saturated carbocycles. The first-order valence-corrected chi connectivity index (χ1v) is 8.13. The Labute approximate surface area is 143 Å². The van der Waals surface area contributed by atoms with Crippen molar-refractivity contribution in [3.05, 3.63) is 59.7 Å². The molecule has 0 spiro atoms. The number of methoxy groups -OCH3 is 2. The summed E-state index contributed by atoms with van der Waals surface area (Å²) in [6.45, 7) is 4.29. The Balaban J connectivity index is 2.23. The number of hydrogen-bond donors (Lipinski definition) is 1. The Kier molecular flexibility index (Phi) is 6.24. The number of amides is 1. The molecule has 0 aromatic heterocycles. The van der Waals surface area contributed by atoms with Crippen molar-refractivity contribution >= 4 is 5.91 Å². The highest BCUT2D eigenvalue weighted by molar-refractivity contribution is 5.97. The summed E-state index contributed by atoms with van der Waals surface area (Å²) in [5.41, 5.74) is 1.61. The molecule has 0 heterocycles. The van der Waals surface area contributed by atoms with Crippen LogP contribution in [0.5, 0.6) is 11.5 Å². The highest BCUT2D eigenvalue weighted by atomic mass is 16.5. The molecule has 1 atom stereocenters. The number of nitrogens with one attached hydrogen (secondary N) is 1. The van der Waals surface area contributed by atoms with E-state index in [-0.39, 0.29) is 11.9 Å². The Morgan fingerprint density at radius 2 is 1.67 bits per heavy atom. The molecule has 2 rings (SSSR count). The molecule has 1 N–H and O–H groups in total. The summed E-state index contributed by atoms with van der Waals surface area (Å²) in [6, 6.07) is 15.0. The van der Waals surface area contributed by atoms with Gasteiger partial charge in [-0.25, -0.2) is 0 Å². The number of benzene rings is 2. The second-order valence-corrected chi connectivity index (χ2v) is 6.13. The highest BCUT2D eigenvalue weighted by Crippen LogP contribution is 2.25. The molecular formula is C20H25NO3. The molecule has 0 fully saturated rings. The summed E-state index contributed by atoms with van der Waals surface area (Å²) >= 11 is 0. The maximum Gasteiger partial charge on any atom is 0.255 e. The maximum absolute atomic E-state index is 12.7. The molecule has 2 aromatic rings. The van der Waals surface area contributed by atoms with Crippen LogP contribution < -0.4 is 14.8 Å². The van der Waals surface area contributed by atoms with E-state index in [4.69, 9.17) is 9.47 Å². The van der Waals surface area contributed by atoms with Crippen LogP contribution in [0.4, 0.5) is 0 Å². The Hall–Kier alpha value is -2.49. The van der Waals surface area contributed by atoms with Gasteiger partial charge in [0.1, 0.15) is 11.5 Å². The minimum atomic E-state index is -0.131. The van der Waals surface area contributed by atoms with Crippen molar-refractivity contribution in [3.63, 3.8) is 0 Å². The molecule has 24 heavy (non-hydrogen) atoms. The van der Waals surface area contributed by atoms with Crippen LogP contribution >= 0.6 is 0 Å². The minimum absolute atomic E-state index is 0.0617. The van der Waals surface area contributed by atoms with Crippen LogP contribution in [0.15, 0.2) is 48.5 Å². The van der Waals surface area contributed by atoms with E-state index < -0.39 is 0 Å². The standard InChI is InChI=1S/C20H25NO3/c1-14(2)13-18(15-9-11-16(23-3)12-10-15)21-20(22)17-7-5-6-8-19(17)24-4/h5-12,14,18H,13H2,1-4H3,(H,21,22). The summed E-state index contributed by atoms with van der Waals surface area (Å²) in [6.07, 6.45) is 0.854. The predicted octanol–water partition coefficient (Wildman–Crippen LogP) is 4.22. The first kappa shape index (κ1) is 17.9. The number of carbonyl (C=O) groups excluding carboxylic acids is 1. The second kappa shape index (κ2) is 8.39. The zero-order chi connectivity index (χ0) is 17.5. The lowest BCUT2D eigenvalue weighted by Gasteiger charge is -2.22. The smallest absolute Gasteiger partial charge is 0.255 e. The third-order valence-corrected chi connectivity index (χ3v) is 3.88. The van der Waals surface area contributed by atoms with Crippen LogP contribution in [-0.4, -0.2) is 20.1 Å². The molecule has 0 aliphatic heterocycles. The fourth-order valence-electron chi connectivity index (χ4n) is 2.65. The molecule has 4 nitrogen and oxygen atoms in total. The molecule has 4 heteroatoms. The monoisotopic (exact) mass is 327 g/mol. The highest BCUT2D eigenvalue weighted by Gasteiger charge is 2.19. The largest absolute Gasteiger partial charge is 0.497 e. The van der Waals surface area contributed by atoms with E-state index in [1.165, 1.54) is 0 Å². The maximum atomic E-state index is 12.7. The van der Waals surface area contributed by atoms with E-state index in [2.05, 4.69) is 19.2 Å². The van der Waals surface area contributed by atoms with E-state index >= 15 is 0 Å². The lowest BCUT2D eigenvalue weighted by Crippen LogP contribution is -2.29. The Bertz CT molecular complexity index is 665. The third kappa shape index (κ3) is 4.51. The number of hydrogen-bond acceptors (Lipinski definition) is 3. The van der Waals surface area contributed by atoms with E-state index in [1.54, 1.807) is 26.4 Å². The van der Waals surface area contributed by atoms with Crippen LogP contribution in [0.1, 0.15) is 42.2 Å². The first-order valence-electron chi connectivity index (χ1n) is 8.13. The van der Waals surface area contributed by atoms with Gasteiger partial charge in [0.2, 0.25) is 0 Å². The van der Waals surface area contributed by atoms with Crippen molar-refractivity contribution in [2.45, 2.75) is 26.3 Å². The molecule has 0 aliphatic carbocycles. The summed E-state index contributed by atoms with van der Waals surface area (Å²) in [5, 5.41) is 3.13. The fourth-order valence-corrected chi connectivity index (χ4v) is 2.65. The molecule has 0 aliphatic rings. The van der Waals surface area contributed by atoms with Crippen LogP contribution in [0.3, 0.4) is 0 Å². The fraction of sp³-hybridized carbons (Fsp3) is 0.350. The van der Waals surface area contributed by atoms with Crippen LogP contribution in [-0.2, 0) is 0 Å². The van der Waals surface area contributed by atoms with E-state index in [0.29, 0.717) is 17.2 Å². The molecule has 1 amide bonds. The lowest BCUT2D eigenvalue weighted by atomic mass is 9.96. The molecule has 0 radical (unpaired) electrons. The molecule has 0 saturated heterocycles. The number of para-hydroxylation sites is 1. The lowest BCUT2D eigenvalue weighted by molar-refractivity contribution is 0.0929. The Morgan fingerprint density at radius 3 is 2.25 bits per heavy atom. The zero-order valence-electron chi connectivity index (χ0n) is 14.7. The van der Waals surface area contributed by atoms with Crippen molar-refractivity contribution in [3.8, 4) is 11.5 Å². The van der Waals surface area contributed by atoms with Gasteiger partial charge in [-0.1, -0.05) is 38.1 Å². The molecule has 0 bridgehead atoms. The summed E-state index contributed by atoms with van der Waals surface area (Å²) in [5.74, 6) is 1.70. The average molecular weight is 327 g/mol. The van der Waals surface area contributed by atoms with Crippen LogP contribution in [0, 0.1) is 5.92 Å². The van der Waals surface area contributed by atoms with Crippen LogP contribution in [0.2, 0.25) is 0 Å². The number of ether oxygens (including phenoxy) is 2.